The lowest BCUT2D eigenvalue weighted by molar-refractivity contribution is 0.626. The molecule has 0 atom stereocenters. The Morgan fingerprint density at radius 1 is 1.17 bits per heavy atom. The van der Waals surface area contributed by atoms with Gasteiger partial charge in [0.2, 0.25) is 5.95 Å². The van der Waals surface area contributed by atoms with Gasteiger partial charge in [0.25, 0.3) is 0 Å². The van der Waals surface area contributed by atoms with Gasteiger partial charge in [0.15, 0.2) is 5.65 Å². The van der Waals surface area contributed by atoms with Gasteiger partial charge in [-0.1, -0.05) is 12.1 Å². The van der Waals surface area contributed by atoms with Crippen molar-refractivity contribution in [1.29, 1.82) is 0 Å². The molecule has 0 bridgehead atoms. The van der Waals surface area contributed by atoms with Crippen LogP contribution in [-0.4, -0.2) is 14.5 Å². The molecule has 3 aromatic rings. The summed E-state index contributed by atoms with van der Waals surface area (Å²) >= 11 is 0. The van der Waals surface area contributed by atoms with Gasteiger partial charge in [-0.25, -0.2) is 14.4 Å². The highest BCUT2D eigenvalue weighted by Gasteiger charge is 2.08. The molecule has 18 heavy (non-hydrogen) atoms. The second kappa shape index (κ2) is 4.10. The van der Waals surface area contributed by atoms with E-state index >= 15 is 0 Å². The largest absolute Gasteiger partial charge is 0.369 e. The highest BCUT2D eigenvalue weighted by molar-refractivity contribution is 5.73. The summed E-state index contributed by atoms with van der Waals surface area (Å²) in [6.45, 7) is 0.527. The topological polar surface area (TPSA) is 56.7 Å². The van der Waals surface area contributed by atoms with Crippen LogP contribution in [0.25, 0.3) is 11.2 Å². The number of rotatable bonds is 2. The van der Waals surface area contributed by atoms with Crippen LogP contribution in [0.15, 0.2) is 42.6 Å². The summed E-state index contributed by atoms with van der Waals surface area (Å²) in [7, 11) is 0. The average molecular weight is 242 g/mol. The summed E-state index contributed by atoms with van der Waals surface area (Å²) in [5.41, 5.74) is 8.32. The number of nitrogens with zero attached hydrogens (tertiary/aromatic N) is 3. The fraction of sp³-hybridized carbons (Fsp3) is 0.0769. The Balaban J connectivity index is 2.04. The minimum absolute atomic E-state index is 0.250. The summed E-state index contributed by atoms with van der Waals surface area (Å²) in [4.78, 5) is 8.49. The number of nitrogen functional groups attached to an aromatic ring is 1. The lowest BCUT2D eigenvalue weighted by Crippen LogP contribution is -2.05. The quantitative estimate of drug-likeness (QED) is 0.749. The summed E-state index contributed by atoms with van der Waals surface area (Å²) in [6.07, 6.45) is 1.70. The molecule has 0 amide bonds. The van der Waals surface area contributed by atoms with Gasteiger partial charge in [-0.2, -0.15) is 0 Å². The molecule has 0 aliphatic rings. The van der Waals surface area contributed by atoms with E-state index in [4.69, 9.17) is 5.73 Å². The van der Waals surface area contributed by atoms with Crippen molar-refractivity contribution in [3.63, 3.8) is 0 Å². The molecule has 0 aliphatic carbocycles. The number of fused-ring (bicyclic) bond motifs is 1. The van der Waals surface area contributed by atoms with E-state index in [0.29, 0.717) is 12.5 Å². The monoisotopic (exact) mass is 242 g/mol. The van der Waals surface area contributed by atoms with Crippen molar-refractivity contribution in [3.8, 4) is 0 Å². The van der Waals surface area contributed by atoms with Gasteiger partial charge < -0.3 is 5.73 Å². The standard InChI is InChI=1S/C13H11FN4/c14-10-5-3-9(4-6-10)8-18-12-11(17-13(18)15)2-1-7-16-12/h1-7H,8H2,(H2,15,17). The Morgan fingerprint density at radius 3 is 2.72 bits per heavy atom. The predicted molar refractivity (Wildman–Crippen MR) is 67.4 cm³/mol. The summed E-state index contributed by atoms with van der Waals surface area (Å²) in [6, 6.07) is 9.99. The van der Waals surface area contributed by atoms with Crippen molar-refractivity contribution in [3.05, 3.63) is 54.0 Å². The number of halogens is 1. The van der Waals surface area contributed by atoms with E-state index in [1.54, 1.807) is 18.3 Å². The molecule has 0 saturated carbocycles. The van der Waals surface area contributed by atoms with Crippen LogP contribution in [0.3, 0.4) is 0 Å². The lowest BCUT2D eigenvalue weighted by atomic mass is 10.2. The van der Waals surface area contributed by atoms with E-state index in [1.165, 1.54) is 12.1 Å². The molecule has 0 unspecified atom stereocenters. The maximum Gasteiger partial charge on any atom is 0.202 e. The van der Waals surface area contributed by atoms with Crippen LogP contribution >= 0.6 is 0 Å². The molecule has 0 spiro atoms. The summed E-state index contributed by atoms with van der Waals surface area (Å²) in [5.74, 6) is 0.161. The number of benzene rings is 1. The molecule has 2 heterocycles. The van der Waals surface area contributed by atoms with E-state index in [9.17, 15) is 4.39 Å². The Labute approximate surface area is 103 Å². The van der Waals surface area contributed by atoms with Gasteiger partial charge >= 0.3 is 0 Å². The van der Waals surface area contributed by atoms with Crippen LogP contribution in [0.2, 0.25) is 0 Å². The number of hydrogen-bond acceptors (Lipinski definition) is 3. The van der Waals surface area contributed by atoms with Crippen LogP contribution in [0.4, 0.5) is 10.3 Å². The Morgan fingerprint density at radius 2 is 1.94 bits per heavy atom. The number of pyridine rings is 1. The van der Waals surface area contributed by atoms with Crippen LogP contribution in [-0.2, 0) is 6.54 Å². The lowest BCUT2D eigenvalue weighted by Gasteiger charge is -2.05. The van der Waals surface area contributed by atoms with Crippen LogP contribution in [0.5, 0.6) is 0 Å². The highest BCUT2D eigenvalue weighted by atomic mass is 19.1. The van der Waals surface area contributed by atoms with Gasteiger partial charge in [0.1, 0.15) is 11.3 Å². The number of hydrogen-bond donors (Lipinski definition) is 1. The highest BCUT2D eigenvalue weighted by Crippen LogP contribution is 2.17. The second-order valence-electron chi connectivity index (χ2n) is 4.03. The zero-order valence-electron chi connectivity index (χ0n) is 9.55. The van der Waals surface area contributed by atoms with Gasteiger partial charge in [0.05, 0.1) is 6.54 Å². The molecule has 2 N–H and O–H groups in total. The van der Waals surface area contributed by atoms with Crippen LogP contribution in [0.1, 0.15) is 5.56 Å². The van der Waals surface area contributed by atoms with Crippen molar-refractivity contribution >= 4 is 17.1 Å². The molecular formula is C13H11FN4. The predicted octanol–water partition coefficient (Wildman–Crippen LogP) is 2.20. The van der Waals surface area contributed by atoms with Gasteiger partial charge in [-0.15, -0.1) is 0 Å². The summed E-state index contributed by atoms with van der Waals surface area (Å²) < 4.78 is 14.6. The van der Waals surface area contributed by atoms with Crippen molar-refractivity contribution < 1.29 is 4.39 Å². The normalized spacial score (nSPS) is 10.9. The van der Waals surface area contributed by atoms with E-state index in [2.05, 4.69) is 9.97 Å². The molecule has 4 nitrogen and oxygen atoms in total. The maximum absolute atomic E-state index is 12.8. The van der Waals surface area contributed by atoms with E-state index < -0.39 is 0 Å². The number of nitrogens with two attached hydrogens (primary N) is 1. The van der Waals surface area contributed by atoms with Crippen molar-refractivity contribution in [2.75, 3.05) is 5.73 Å². The first-order chi connectivity index (χ1) is 8.74. The molecule has 0 saturated heterocycles. The third-order valence-corrected chi connectivity index (χ3v) is 2.79. The molecule has 0 fully saturated rings. The smallest absolute Gasteiger partial charge is 0.202 e. The minimum Gasteiger partial charge on any atom is -0.369 e. The Hall–Kier alpha value is -2.43. The average Bonchev–Trinajstić information content (AvgIpc) is 2.69. The first-order valence-corrected chi connectivity index (χ1v) is 5.55. The molecule has 0 aliphatic heterocycles. The third-order valence-electron chi connectivity index (χ3n) is 2.79. The molecule has 1 aromatic carbocycles. The second-order valence-corrected chi connectivity index (χ2v) is 4.03. The van der Waals surface area contributed by atoms with Crippen LogP contribution in [0, 0.1) is 5.82 Å². The van der Waals surface area contributed by atoms with Gasteiger partial charge in [-0.3, -0.25) is 4.57 Å². The van der Waals surface area contributed by atoms with Gasteiger partial charge in [-0.05, 0) is 29.8 Å². The number of imidazole rings is 1. The Kier molecular flexibility index (Phi) is 2.44. The first-order valence-electron chi connectivity index (χ1n) is 5.55. The van der Waals surface area contributed by atoms with Crippen molar-refractivity contribution in [2.24, 2.45) is 0 Å². The van der Waals surface area contributed by atoms with Gasteiger partial charge in [0, 0.05) is 6.20 Å². The van der Waals surface area contributed by atoms with Crippen LogP contribution < -0.4 is 5.73 Å². The SMILES string of the molecule is Nc1nc2cccnc2n1Cc1ccc(F)cc1. The zero-order chi connectivity index (χ0) is 12.5. The van der Waals surface area contributed by atoms with E-state index in [0.717, 1.165) is 16.7 Å². The molecule has 3 rings (SSSR count). The minimum atomic E-state index is -0.250. The molecule has 90 valence electrons. The molecular weight excluding hydrogens is 231 g/mol. The molecule has 2 aromatic heterocycles. The fourth-order valence-corrected chi connectivity index (χ4v) is 1.90. The summed E-state index contributed by atoms with van der Waals surface area (Å²) in [5, 5.41) is 0. The third kappa shape index (κ3) is 1.79. The van der Waals surface area contributed by atoms with Crippen molar-refractivity contribution in [1.82, 2.24) is 14.5 Å². The molecule has 5 heteroatoms. The number of aromatic nitrogens is 3. The first kappa shape index (κ1) is 10.7. The molecule has 0 radical (unpaired) electrons. The maximum atomic E-state index is 12.8. The Bertz CT molecular complexity index is 688. The van der Waals surface area contributed by atoms with E-state index in [-0.39, 0.29) is 5.82 Å². The number of anilines is 1. The van der Waals surface area contributed by atoms with Crippen molar-refractivity contribution in [2.45, 2.75) is 6.54 Å². The zero-order valence-corrected chi connectivity index (χ0v) is 9.55. The van der Waals surface area contributed by atoms with E-state index in [1.807, 2.05) is 16.7 Å². The fourth-order valence-electron chi connectivity index (χ4n) is 1.90.